The molecule has 0 saturated carbocycles. The van der Waals surface area contributed by atoms with E-state index in [0.717, 1.165) is 44.3 Å². The van der Waals surface area contributed by atoms with Crippen LogP contribution in [-0.4, -0.2) is 56.2 Å². The Bertz CT molecular complexity index is 975. The van der Waals surface area contributed by atoms with Crippen LogP contribution in [0.1, 0.15) is 16.1 Å². The van der Waals surface area contributed by atoms with Crippen molar-refractivity contribution in [2.45, 2.75) is 6.54 Å². The summed E-state index contributed by atoms with van der Waals surface area (Å²) < 4.78 is 15.9. The van der Waals surface area contributed by atoms with Crippen molar-refractivity contribution in [2.24, 2.45) is 0 Å². The molecule has 31 heavy (non-hydrogen) atoms. The molecule has 0 atom stereocenters. The summed E-state index contributed by atoms with van der Waals surface area (Å²) in [4.78, 5) is 21.8. The Kier molecular flexibility index (Phi) is 6.37. The molecule has 8 nitrogen and oxygen atoms in total. The summed E-state index contributed by atoms with van der Waals surface area (Å²) in [6.45, 7) is 4.50. The molecule has 162 valence electrons. The lowest BCUT2D eigenvalue weighted by Crippen LogP contribution is -2.46. The van der Waals surface area contributed by atoms with Crippen LogP contribution in [0.5, 0.6) is 11.5 Å². The van der Waals surface area contributed by atoms with Crippen LogP contribution < -0.4 is 19.7 Å². The van der Waals surface area contributed by atoms with Crippen LogP contribution in [0.25, 0.3) is 0 Å². The Balaban J connectivity index is 1.34. The van der Waals surface area contributed by atoms with Gasteiger partial charge in [0, 0.05) is 37.8 Å². The number of aromatic nitrogens is 1. The molecule has 4 rings (SSSR count). The Hall–Kier alpha value is -3.52. The van der Waals surface area contributed by atoms with Crippen molar-refractivity contribution in [3.8, 4) is 11.5 Å². The summed E-state index contributed by atoms with van der Waals surface area (Å²) in [5.74, 6) is 2.76. The number of benzene rings is 1. The minimum Gasteiger partial charge on any atom is -0.497 e. The van der Waals surface area contributed by atoms with Gasteiger partial charge in [0.2, 0.25) is 0 Å². The van der Waals surface area contributed by atoms with E-state index in [4.69, 9.17) is 13.9 Å². The third-order valence-corrected chi connectivity index (χ3v) is 5.28. The Morgan fingerprint density at radius 3 is 2.39 bits per heavy atom. The molecule has 1 N–H and O–H groups in total. The Morgan fingerprint density at radius 2 is 1.81 bits per heavy atom. The summed E-state index contributed by atoms with van der Waals surface area (Å²) in [5, 5.41) is 2.87. The highest BCUT2D eigenvalue weighted by molar-refractivity contribution is 6.04. The van der Waals surface area contributed by atoms with Gasteiger partial charge >= 0.3 is 0 Å². The minimum atomic E-state index is -0.252. The first-order valence-electron chi connectivity index (χ1n) is 10.1. The van der Waals surface area contributed by atoms with Crippen LogP contribution in [-0.2, 0) is 6.54 Å². The van der Waals surface area contributed by atoms with Crippen molar-refractivity contribution < 1.29 is 18.7 Å². The van der Waals surface area contributed by atoms with Gasteiger partial charge in [-0.15, -0.1) is 0 Å². The normalized spacial score (nSPS) is 14.3. The van der Waals surface area contributed by atoms with E-state index in [2.05, 4.69) is 20.1 Å². The van der Waals surface area contributed by atoms with Crippen LogP contribution in [0.15, 0.2) is 59.3 Å². The van der Waals surface area contributed by atoms with E-state index in [1.54, 1.807) is 44.9 Å². The largest absolute Gasteiger partial charge is 0.497 e. The number of anilines is 2. The number of pyridine rings is 1. The Labute approximate surface area is 181 Å². The van der Waals surface area contributed by atoms with Crippen molar-refractivity contribution in [2.75, 3.05) is 50.6 Å². The first-order chi connectivity index (χ1) is 15.1. The van der Waals surface area contributed by atoms with Crippen LogP contribution >= 0.6 is 0 Å². The topological polar surface area (TPSA) is 80.1 Å². The van der Waals surface area contributed by atoms with E-state index in [1.807, 2.05) is 24.3 Å². The molecule has 1 aromatic carbocycles. The molecule has 8 heteroatoms. The van der Waals surface area contributed by atoms with Crippen molar-refractivity contribution >= 4 is 17.4 Å². The van der Waals surface area contributed by atoms with Gasteiger partial charge in [0.25, 0.3) is 5.91 Å². The van der Waals surface area contributed by atoms with E-state index in [0.29, 0.717) is 22.7 Å². The predicted octanol–water partition coefficient (Wildman–Crippen LogP) is 3.27. The van der Waals surface area contributed by atoms with Gasteiger partial charge in [-0.2, -0.15) is 0 Å². The second-order valence-corrected chi connectivity index (χ2v) is 7.30. The van der Waals surface area contributed by atoms with Crippen LogP contribution in [0, 0.1) is 0 Å². The Morgan fingerprint density at radius 1 is 1.06 bits per heavy atom. The molecule has 0 radical (unpaired) electrons. The number of amides is 1. The maximum Gasteiger partial charge on any atom is 0.255 e. The molecule has 0 bridgehead atoms. The van der Waals surface area contributed by atoms with Crippen molar-refractivity contribution in [1.29, 1.82) is 0 Å². The van der Waals surface area contributed by atoms with Gasteiger partial charge in [0.1, 0.15) is 23.1 Å². The van der Waals surface area contributed by atoms with Crippen LogP contribution in [0.4, 0.5) is 11.5 Å². The fourth-order valence-corrected chi connectivity index (χ4v) is 3.55. The molecule has 0 unspecified atom stereocenters. The first kappa shape index (κ1) is 20.7. The molecule has 1 fully saturated rings. The van der Waals surface area contributed by atoms with Gasteiger partial charge in [-0.3, -0.25) is 9.69 Å². The van der Waals surface area contributed by atoms with Gasteiger partial charge in [-0.25, -0.2) is 4.98 Å². The van der Waals surface area contributed by atoms with Gasteiger partial charge in [-0.1, -0.05) is 0 Å². The standard InChI is InChI=1S/C23H26N4O4/c1-29-20-12-17(13-21(14-20)30-2)23(28)25-18-5-6-22(24-15-18)27-9-7-26(8-10-27)16-19-4-3-11-31-19/h3-6,11-15H,7-10,16H2,1-2H3,(H,25,28). The molecular weight excluding hydrogens is 396 g/mol. The molecule has 1 saturated heterocycles. The third-order valence-electron chi connectivity index (χ3n) is 5.28. The number of carbonyl (C=O) groups is 1. The quantitative estimate of drug-likeness (QED) is 0.626. The molecule has 1 amide bonds. The number of furan rings is 1. The number of hydrogen-bond donors (Lipinski definition) is 1. The number of rotatable bonds is 7. The molecule has 0 spiro atoms. The zero-order valence-electron chi connectivity index (χ0n) is 17.7. The second-order valence-electron chi connectivity index (χ2n) is 7.30. The first-order valence-corrected chi connectivity index (χ1v) is 10.1. The fraction of sp³-hybridized carbons (Fsp3) is 0.304. The zero-order valence-corrected chi connectivity index (χ0v) is 17.7. The molecule has 3 heterocycles. The number of methoxy groups -OCH3 is 2. The highest BCUT2D eigenvalue weighted by Gasteiger charge is 2.19. The summed E-state index contributed by atoms with van der Waals surface area (Å²) in [6.07, 6.45) is 3.39. The van der Waals surface area contributed by atoms with E-state index in [1.165, 1.54) is 0 Å². The molecular formula is C23H26N4O4. The van der Waals surface area contributed by atoms with Crippen LogP contribution in [0.2, 0.25) is 0 Å². The zero-order chi connectivity index (χ0) is 21.6. The predicted molar refractivity (Wildman–Crippen MR) is 118 cm³/mol. The number of hydrogen-bond acceptors (Lipinski definition) is 7. The number of carbonyl (C=O) groups excluding carboxylic acids is 1. The summed E-state index contributed by atoms with van der Waals surface area (Å²) >= 11 is 0. The average Bonchev–Trinajstić information content (AvgIpc) is 3.33. The van der Waals surface area contributed by atoms with E-state index < -0.39 is 0 Å². The number of piperazine rings is 1. The van der Waals surface area contributed by atoms with Crippen molar-refractivity contribution in [3.63, 3.8) is 0 Å². The fourth-order valence-electron chi connectivity index (χ4n) is 3.55. The minimum absolute atomic E-state index is 0.252. The van der Waals surface area contributed by atoms with Crippen molar-refractivity contribution in [3.05, 3.63) is 66.2 Å². The number of ether oxygens (including phenoxy) is 2. The van der Waals surface area contributed by atoms with E-state index in [9.17, 15) is 4.79 Å². The number of nitrogens with one attached hydrogen (secondary N) is 1. The van der Waals surface area contributed by atoms with Gasteiger partial charge < -0.3 is 24.1 Å². The molecule has 1 aliphatic heterocycles. The molecule has 3 aromatic rings. The van der Waals surface area contributed by atoms with E-state index >= 15 is 0 Å². The third kappa shape index (κ3) is 5.16. The summed E-state index contributed by atoms with van der Waals surface area (Å²) in [5.41, 5.74) is 1.08. The van der Waals surface area contributed by atoms with E-state index in [-0.39, 0.29) is 5.91 Å². The molecule has 1 aliphatic rings. The smallest absolute Gasteiger partial charge is 0.255 e. The maximum atomic E-state index is 12.6. The lowest BCUT2D eigenvalue weighted by atomic mass is 10.2. The maximum absolute atomic E-state index is 12.6. The second kappa shape index (κ2) is 9.53. The van der Waals surface area contributed by atoms with Gasteiger partial charge in [0.05, 0.1) is 38.9 Å². The lowest BCUT2D eigenvalue weighted by Gasteiger charge is -2.35. The number of nitrogens with zero attached hydrogens (tertiary/aromatic N) is 3. The van der Waals surface area contributed by atoms with Crippen molar-refractivity contribution in [1.82, 2.24) is 9.88 Å². The SMILES string of the molecule is COc1cc(OC)cc(C(=O)Nc2ccc(N3CCN(Cc4ccco4)CC3)nc2)c1. The monoisotopic (exact) mass is 422 g/mol. The summed E-state index contributed by atoms with van der Waals surface area (Å²) in [6, 6.07) is 12.8. The van der Waals surface area contributed by atoms with Gasteiger partial charge in [0.15, 0.2) is 0 Å². The molecule has 0 aliphatic carbocycles. The molecule has 2 aromatic heterocycles. The van der Waals surface area contributed by atoms with Gasteiger partial charge in [-0.05, 0) is 36.4 Å². The highest BCUT2D eigenvalue weighted by Crippen LogP contribution is 2.24. The summed E-state index contributed by atoms with van der Waals surface area (Å²) in [7, 11) is 3.10. The average molecular weight is 422 g/mol. The highest BCUT2D eigenvalue weighted by atomic mass is 16.5. The lowest BCUT2D eigenvalue weighted by molar-refractivity contribution is 0.102. The van der Waals surface area contributed by atoms with Crippen LogP contribution in [0.3, 0.4) is 0 Å².